The number of hydrogen-bond acceptors (Lipinski definition) is 4. The van der Waals surface area contributed by atoms with E-state index in [1.807, 2.05) is 6.07 Å². The zero-order chi connectivity index (χ0) is 15.8. The lowest BCUT2D eigenvalue weighted by molar-refractivity contribution is -0.116. The first-order chi connectivity index (χ1) is 11.2. The Morgan fingerprint density at radius 2 is 2.09 bits per heavy atom. The van der Waals surface area contributed by atoms with Crippen molar-refractivity contribution in [3.8, 4) is 0 Å². The van der Waals surface area contributed by atoms with Crippen LogP contribution in [-0.4, -0.2) is 20.1 Å². The largest absolute Gasteiger partial charge is 0.420 e. The minimum Gasteiger partial charge on any atom is -0.408 e. The molecule has 3 heterocycles. The predicted molar refractivity (Wildman–Crippen MR) is 84.3 cm³/mol. The van der Waals surface area contributed by atoms with Crippen molar-refractivity contribution in [2.75, 3.05) is 5.32 Å². The first-order valence-corrected chi connectivity index (χ1v) is 7.02. The maximum absolute atomic E-state index is 12.2. The Kier molecular flexibility index (Phi) is 2.97. The summed E-state index contributed by atoms with van der Waals surface area (Å²) in [5.41, 5.74) is 2.57. The van der Waals surface area contributed by atoms with Gasteiger partial charge in [0, 0.05) is 18.1 Å². The highest BCUT2D eigenvalue weighted by Gasteiger charge is 2.12. The number of benzene rings is 1. The van der Waals surface area contributed by atoms with Gasteiger partial charge in [0.25, 0.3) is 0 Å². The van der Waals surface area contributed by atoms with Crippen molar-refractivity contribution < 1.29 is 9.21 Å². The molecule has 0 bridgehead atoms. The minimum atomic E-state index is -0.549. The lowest BCUT2D eigenvalue weighted by Crippen LogP contribution is -2.24. The zero-order valence-corrected chi connectivity index (χ0v) is 12.0. The number of rotatable bonds is 3. The molecule has 1 N–H and O–H groups in total. The molecule has 0 radical (unpaired) electrons. The fourth-order valence-corrected chi connectivity index (χ4v) is 2.51. The third-order valence-electron chi connectivity index (χ3n) is 3.56. The van der Waals surface area contributed by atoms with E-state index in [-0.39, 0.29) is 12.5 Å². The van der Waals surface area contributed by atoms with E-state index in [0.717, 1.165) is 5.52 Å². The second-order valence-electron chi connectivity index (χ2n) is 5.09. The molecule has 4 rings (SSSR count). The summed E-state index contributed by atoms with van der Waals surface area (Å²) in [4.78, 5) is 24.1. The second-order valence-corrected chi connectivity index (χ2v) is 5.09. The van der Waals surface area contributed by atoms with Crippen LogP contribution in [0.4, 0.5) is 5.69 Å². The monoisotopic (exact) mass is 308 g/mol. The third-order valence-corrected chi connectivity index (χ3v) is 3.56. The normalized spacial score (nSPS) is 11.1. The Labute approximate surface area is 129 Å². The van der Waals surface area contributed by atoms with Crippen molar-refractivity contribution in [3.05, 3.63) is 65.4 Å². The third kappa shape index (κ3) is 2.38. The number of nitrogens with one attached hydrogen (secondary N) is 1. The Morgan fingerprint density at radius 3 is 3.00 bits per heavy atom. The predicted octanol–water partition coefficient (Wildman–Crippen LogP) is 1.88. The van der Waals surface area contributed by atoms with Gasteiger partial charge < -0.3 is 9.73 Å². The van der Waals surface area contributed by atoms with Crippen LogP contribution in [0.1, 0.15) is 0 Å². The summed E-state index contributed by atoms with van der Waals surface area (Å²) in [7, 11) is 0. The van der Waals surface area contributed by atoms with Crippen LogP contribution in [0.5, 0.6) is 0 Å². The summed E-state index contributed by atoms with van der Waals surface area (Å²) in [6, 6.07) is 12.4. The van der Waals surface area contributed by atoms with Crippen molar-refractivity contribution in [2.24, 2.45) is 0 Å². The van der Waals surface area contributed by atoms with E-state index >= 15 is 0 Å². The van der Waals surface area contributed by atoms with Crippen molar-refractivity contribution in [1.82, 2.24) is 14.2 Å². The second kappa shape index (κ2) is 5.13. The lowest BCUT2D eigenvalue weighted by Gasteiger charge is -2.06. The number of carbonyl (C=O) groups is 1. The van der Waals surface area contributed by atoms with Gasteiger partial charge in [0.05, 0.1) is 11.0 Å². The Morgan fingerprint density at radius 1 is 1.22 bits per heavy atom. The van der Waals surface area contributed by atoms with Crippen molar-refractivity contribution >= 4 is 28.2 Å². The van der Waals surface area contributed by atoms with Gasteiger partial charge in [0.1, 0.15) is 6.54 Å². The molecule has 0 aliphatic rings. The quantitative estimate of drug-likeness (QED) is 0.626. The smallest absolute Gasteiger partial charge is 0.408 e. The van der Waals surface area contributed by atoms with Crippen molar-refractivity contribution in [1.29, 1.82) is 0 Å². The highest BCUT2D eigenvalue weighted by Crippen LogP contribution is 2.13. The van der Waals surface area contributed by atoms with Crippen molar-refractivity contribution in [3.63, 3.8) is 0 Å². The van der Waals surface area contributed by atoms with Crippen LogP contribution >= 0.6 is 0 Å². The molecule has 3 aromatic heterocycles. The summed E-state index contributed by atoms with van der Waals surface area (Å²) < 4.78 is 8.12. The molecular weight excluding hydrogens is 296 g/mol. The van der Waals surface area contributed by atoms with Crippen LogP contribution in [0.3, 0.4) is 0 Å². The van der Waals surface area contributed by atoms with Crippen LogP contribution in [-0.2, 0) is 11.3 Å². The SMILES string of the molecule is O=C(Cn1c(=O)oc2ccccc21)Nc1ccn2nccc2c1. The lowest BCUT2D eigenvalue weighted by atomic mass is 10.3. The molecule has 1 amide bonds. The Balaban J connectivity index is 1.59. The standard InChI is InChI=1S/C16H12N4O3/c21-15(18-11-6-8-20-12(9-11)5-7-17-20)10-19-13-3-1-2-4-14(13)23-16(19)22/h1-9H,10H2,(H,18,21). The number of amides is 1. The van der Waals surface area contributed by atoms with Gasteiger partial charge in [-0.1, -0.05) is 12.1 Å². The highest BCUT2D eigenvalue weighted by molar-refractivity contribution is 5.92. The van der Waals surface area contributed by atoms with Crippen LogP contribution in [0.25, 0.3) is 16.6 Å². The van der Waals surface area contributed by atoms with E-state index in [2.05, 4.69) is 10.4 Å². The molecule has 23 heavy (non-hydrogen) atoms. The average molecular weight is 308 g/mol. The number of hydrogen-bond donors (Lipinski definition) is 1. The topological polar surface area (TPSA) is 81.5 Å². The van der Waals surface area contributed by atoms with E-state index in [1.54, 1.807) is 53.3 Å². The molecule has 7 nitrogen and oxygen atoms in total. The molecule has 0 spiro atoms. The first-order valence-electron chi connectivity index (χ1n) is 7.02. The molecule has 7 heteroatoms. The average Bonchev–Trinajstić information content (AvgIpc) is 3.12. The zero-order valence-electron chi connectivity index (χ0n) is 12.0. The van der Waals surface area contributed by atoms with Crippen LogP contribution in [0.15, 0.2) is 64.1 Å². The van der Waals surface area contributed by atoms with E-state index in [9.17, 15) is 9.59 Å². The fraction of sp³-hybridized carbons (Fsp3) is 0.0625. The highest BCUT2D eigenvalue weighted by atomic mass is 16.4. The van der Waals surface area contributed by atoms with E-state index < -0.39 is 5.76 Å². The molecule has 0 fully saturated rings. The number of para-hydroxylation sites is 2. The van der Waals surface area contributed by atoms with E-state index in [1.165, 1.54) is 4.57 Å². The maximum atomic E-state index is 12.2. The summed E-state index contributed by atoms with van der Waals surface area (Å²) in [5, 5.41) is 6.86. The molecular formula is C16H12N4O3. The number of nitrogens with zero attached hydrogens (tertiary/aromatic N) is 3. The molecule has 0 atom stereocenters. The summed E-state index contributed by atoms with van der Waals surface area (Å²) >= 11 is 0. The molecule has 0 saturated heterocycles. The van der Waals surface area contributed by atoms with Gasteiger partial charge in [-0.05, 0) is 30.3 Å². The maximum Gasteiger partial charge on any atom is 0.420 e. The number of aromatic nitrogens is 3. The van der Waals surface area contributed by atoms with Gasteiger partial charge in [-0.3, -0.25) is 9.36 Å². The Hall–Kier alpha value is -3.35. The van der Waals surface area contributed by atoms with Crippen LogP contribution < -0.4 is 11.1 Å². The number of oxazole rings is 1. The molecule has 0 saturated carbocycles. The van der Waals surface area contributed by atoms with Gasteiger partial charge in [-0.15, -0.1) is 0 Å². The number of pyridine rings is 1. The molecule has 0 aliphatic carbocycles. The number of carbonyl (C=O) groups excluding carboxylic acids is 1. The van der Waals surface area contributed by atoms with Gasteiger partial charge in [-0.25, -0.2) is 9.31 Å². The van der Waals surface area contributed by atoms with Gasteiger partial charge in [-0.2, -0.15) is 5.10 Å². The molecule has 1 aromatic carbocycles. The van der Waals surface area contributed by atoms with Crippen LogP contribution in [0, 0.1) is 0 Å². The fourth-order valence-electron chi connectivity index (χ4n) is 2.51. The molecule has 0 aliphatic heterocycles. The van der Waals surface area contributed by atoms with Gasteiger partial charge in [0.2, 0.25) is 5.91 Å². The van der Waals surface area contributed by atoms with E-state index in [0.29, 0.717) is 16.8 Å². The summed E-state index contributed by atoms with van der Waals surface area (Å²) in [5.74, 6) is -0.852. The van der Waals surface area contributed by atoms with Crippen molar-refractivity contribution in [2.45, 2.75) is 6.54 Å². The van der Waals surface area contributed by atoms with E-state index in [4.69, 9.17) is 4.42 Å². The summed E-state index contributed by atoms with van der Waals surface area (Å²) in [6.07, 6.45) is 3.43. The minimum absolute atomic E-state index is 0.111. The first kappa shape index (κ1) is 13.3. The molecule has 0 unspecified atom stereocenters. The summed E-state index contributed by atoms with van der Waals surface area (Å²) in [6.45, 7) is -0.111. The van der Waals surface area contributed by atoms with Gasteiger partial charge >= 0.3 is 5.76 Å². The van der Waals surface area contributed by atoms with Crippen LogP contribution in [0.2, 0.25) is 0 Å². The number of fused-ring (bicyclic) bond motifs is 2. The molecule has 114 valence electrons. The number of anilines is 1. The van der Waals surface area contributed by atoms with Gasteiger partial charge in [0.15, 0.2) is 5.58 Å². The molecule has 4 aromatic rings. The Bertz CT molecular complexity index is 1070.